The predicted molar refractivity (Wildman–Crippen MR) is 115 cm³/mol. The second-order valence-electron chi connectivity index (χ2n) is 5.99. The summed E-state index contributed by atoms with van der Waals surface area (Å²) in [5.41, 5.74) is 4.11. The third kappa shape index (κ3) is 3.24. The maximum absolute atomic E-state index is 12.7. The van der Waals surface area contributed by atoms with Crippen LogP contribution in [0.5, 0.6) is 0 Å². The number of aromatic amines is 1. The molecule has 0 saturated carbocycles. The Morgan fingerprint density at radius 1 is 1.19 bits per heavy atom. The second kappa shape index (κ2) is 6.81. The number of halogens is 1. The van der Waals surface area contributed by atoms with Crippen LogP contribution in [0, 0.1) is 17.4 Å². The molecule has 7 heteroatoms. The maximum atomic E-state index is 12.7. The molecule has 0 unspecified atom stereocenters. The fourth-order valence-electron chi connectivity index (χ4n) is 2.68. The van der Waals surface area contributed by atoms with E-state index in [-0.39, 0.29) is 5.56 Å². The third-order valence-electron chi connectivity index (χ3n) is 4.04. The molecule has 2 aromatic heterocycles. The highest BCUT2D eigenvalue weighted by molar-refractivity contribution is 14.1. The van der Waals surface area contributed by atoms with Gasteiger partial charge in [0.15, 0.2) is 0 Å². The lowest BCUT2D eigenvalue weighted by molar-refractivity contribution is 0.835. The molecule has 0 spiro atoms. The van der Waals surface area contributed by atoms with E-state index in [1.807, 2.05) is 43.3 Å². The van der Waals surface area contributed by atoms with E-state index in [1.165, 1.54) is 21.6 Å². The molecule has 26 heavy (non-hydrogen) atoms. The van der Waals surface area contributed by atoms with Gasteiger partial charge in [-0.2, -0.15) is 0 Å². The summed E-state index contributed by atoms with van der Waals surface area (Å²) in [7, 11) is 0. The quantitative estimate of drug-likeness (QED) is 0.344. The Balaban J connectivity index is 1.70. The Morgan fingerprint density at radius 2 is 1.96 bits per heavy atom. The average molecular weight is 474 g/mol. The molecule has 0 bridgehead atoms. The first-order valence-electron chi connectivity index (χ1n) is 8.00. The van der Waals surface area contributed by atoms with Crippen LogP contribution in [0.3, 0.4) is 0 Å². The smallest absolute Gasteiger partial charge is 0.280 e. The van der Waals surface area contributed by atoms with E-state index in [9.17, 15) is 4.79 Å². The van der Waals surface area contributed by atoms with Gasteiger partial charge in [0.2, 0.25) is 5.13 Å². The zero-order valence-electron chi connectivity index (χ0n) is 14.2. The highest BCUT2D eigenvalue weighted by Gasteiger charge is 2.11. The first kappa shape index (κ1) is 17.2. The monoisotopic (exact) mass is 474 g/mol. The summed E-state index contributed by atoms with van der Waals surface area (Å²) in [6.07, 6.45) is 1.60. The number of benzene rings is 2. The fourth-order valence-corrected chi connectivity index (χ4v) is 3.95. The summed E-state index contributed by atoms with van der Waals surface area (Å²) in [5, 5.41) is 3.76. The molecule has 5 nitrogen and oxygen atoms in total. The molecule has 4 rings (SSSR count). The van der Waals surface area contributed by atoms with Crippen LogP contribution < -0.4 is 5.56 Å². The van der Waals surface area contributed by atoms with Gasteiger partial charge in [0.05, 0.1) is 21.5 Å². The van der Waals surface area contributed by atoms with E-state index >= 15 is 0 Å². The highest BCUT2D eigenvalue weighted by Crippen LogP contribution is 2.28. The lowest BCUT2D eigenvalue weighted by atomic mass is 10.2. The zero-order chi connectivity index (χ0) is 18.3. The van der Waals surface area contributed by atoms with Crippen molar-refractivity contribution >= 4 is 55.5 Å². The molecule has 0 aliphatic heterocycles. The van der Waals surface area contributed by atoms with Crippen molar-refractivity contribution in [3.63, 3.8) is 0 Å². The molecule has 2 aromatic carbocycles. The second-order valence-corrected chi connectivity index (χ2v) is 8.25. The van der Waals surface area contributed by atoms with Crippen LogP contribution in [-0.4, -0.2) is 21.0 Å². The topological polar surface area (TPSA) is 63.0 Å². The summed E-state index contributed by atoms with van der Waals surface area (Å²) in [6, 6.07) is 13.9. The molecule has 0 radical (unpaired) electrons. The molecular formula is C19H15IN4OS. The van der Waals surface area contributed by atoms with E-state index in [0.717, 1.165) is 25.2 Å². The largest absolute Gasteiger partial charge is 0.295 e. The van der Waals surface area contributed by atoms with E-state index in [0.29, 0.717) is 10.7 Å². The Labute approximate surface area is 167 Å². The molecule has 0 aliphatic rings. The standard InChI is InChI=1S/C19H15IN4OS/c1-11-3-8-16-17(9-11)26-19(22-16)21-10-15-12(2)23-24(18(15)25)14-6-4-13(20)5-7-14/h3-10,23H,1-2H3/b21-10+. The van der Waals surface area contributed by atoms with Crippen molar-refractivity contribution < 1.29 is 0 Å². The zero-order valence-corrected chi connectivity index (χ0v) is 17.1. The number of aliphatic imine (C=N–C) groups is 1. The first-order valence-corrected chi connectivity index (χ1v) is 9.89. The summed E-state index contributed by atoms with van der Waals surface area (Å²) < 4.78 is 3.75. The average Bonchev–Trinajstić information content (AvgIpc) is 3.14. The van der Waals surface area contributed by atoms with Crippen molar-refractivity contribution in [3.8, 4) is 5.69 Å². The minimum atomic E-state index is -0.121. The number of thiazole rings is 1. The van der Waals surface area contributed by atoms with Gasteiger partial charge in [-0.25, -0.2) is 14.7 Å². The Kier molecular flexibility index (Phi) is 4.49. The van der Waals surface area contributed by atoms with Gasteiger partial charge >= 0.3 is 0 Å². The molecule has 0 saturated heterocycles. The highest BCUT2D eigenvalue weighted by atomic mass is 127. The molecule has 0 atom stereocenters. The van der Waals surface area contributed by atoms with Crippen molar-refractivity contribution in [1.29, 1.82) is 0 Å². The van der Waals surface area contributed by atoms with Gasteiger partial charge in [-0.1, -0.05) is 17.4 Å². The minimum absolute atomic E-state index is 0.121. The molecule has 130 valence electrons. The Hall–Kier alpha value is -2.26. The Bertz CT molecular complexity index is 1180. The van der Waals surface area contributed by atoms with Crippen LogP contribution in [0.15, 0.2) is 52.3 Å². The summed E-state index contributed by atoms with van der Waals surface area (Å²) >= 11 is 3.76. The first-order chi connectivity index (χ1) is 12.5. The van der Waals surface area contributed by atoms with E-state index in [4.69, 9.17) is 0 Å². The molecule has 0 aliphatic carbocycles. The maximum Gasteiger partial charge on any atom is 0.280 e. The fraction of sp³-hybridized carbons (Fsp3) is 0.105. The summed E-state index contributed by atoms with van der Waals surface area (Å²) in [6.45, 7) is 3.92. The molecule has 1 N–H and O–H groups in total. The van der Waals surface area contributed by atoms with Crippen molar-refractivity contribution in [2.24, 2.45) is 4.99 Å². The predicted octanol–water partition coefficient (Wildman–Crippen LogP) is 4.75. The van der Waals surface area contributed by atoms with Crippen LogP contribution in [0.25, 0.3) is 15.9 Å². The Morgan fingerprint density at radius 3 is 2.73 bits per heavy atom. The van der Waals surface area contributed by atoms with Crippen LogP contribution >= 0.6 is 33.9 Å². The number of nitrogens with zero attached hydrogens (tertiary/aromatic N) is 3. The number of fused-ring (bicyclic) bond motifs is 1. The van der Waals surface area contributed by atoms with Crippen LogP contribution in [0.4, 0.5) is 5.13 Å². The number of nitrogens with one attached hydrogen (secondary N) is 1. The third-order valence-corrected chi connectivity index (χ3v) is 5.68. The van der Waals surface area contributed by atoms with Crippen molar-refractivity contribution in [2.45, 2.75) is 13.8 Å². The number of rotatable bonds is 3. The number of hydrogen-bond donors (Lipinski definition) is 1. The van der Waals surface area contributed by atoms with Gasteiger partial charge < -0.3 is 0 Å². The molecular weight excluding hydrogens is 459 g/mol. The van der Waals surface area contributed by atoms with Gasteiger partial charge in [-0.15, -0.1) is 0 Å². The number of hydrogen-bond acceptors (Lipinski definition) is 4. The lowest BCUT2D eigenvalue weighted by Crippen LogP contribution is -2.17. The molecule has 2 heterocycles. The molecule has 0 fully saturated rings. The number of aromatic nitrogens is 3. The van der Waals surface area contributed by atoms with Crippen LogP contribution in [0.1, 0.15) is 16.8 Å². The summed E-state index contributed by atoms with van der Waals surface area (Å²) in [5.74, 6) is 0. The van der Waals surface area contributed by atoms with Gasteiger partial charge in [-0.3, -0.25) is 9.89 Å². The van der Waals surface area contributed by atoms with Gasteiger partial charge in [0.25, 0.3) is 5.56 Å². The summed E-state index contributed by atoms with van der Waals surface area (Å²) in [4.78, 5) is 21.7. The molecule has 4 aromatic rings. The minimum Gasteiger partial charge on any atom is -0.295 e. The van der Waals surface area contributed by atoms with Crippen molar-refractivity contribution in [2.75, 3.05) is 0 Å². The van der Waals surface area contributed by atoms with E-state index in [2.05, 4.69) is 50.7 Å². The van der Waals surface area contributed by atoms with Crippen molar-refractivity contribution in [1.82, 2.24) is 14.8 Å². The van der Waals surface area contributed by atoms with Gasteiger partial charge in [0.1, 0.15) is 0 Å². The van der Waals surface area contributed by atoms with E-state index < -0.39 is 0 Å². The van der Waals surface area contributed by atoms with Crippen LogP contribution in [-0.2, 0) is 0 Å². The number of aryl methyl sites for hydroxylation is 2. The van der Waals surface area contributed by atoms with Gasteiger partial charge in [-0.05, 0) is 78.4 Å². The van der Waals surface area contributed by atoms with Gasteiger partial charge in [0, 0.05) is 15.5 Å². The SMILES string of the molecule is Cc1ccc2nc(/N=C/c3c(C)[nH]n(-c4ccc(I)cc4)c3=O)sc2c1. The number of H-pyrrole nitrogens is 1. The molecule has 0 amide bonds. The van der Waals surface area contributed by atoms with E-state index in [1.54, 1.807) is 6.21 Å². The van der Waals surface area contributed by atoms with Crippen LogP contribution in [0.2, 0.25) is 0 Å². The van der Waals surface area contributed by atoms with Crippen molar-refractivity contribution in [3.05, 3.63) is 73.2 Å². The normalized spacial score (nSPS) is 11.7. The lowest BCUT2D eigenvalue weighted by Gasteiger charge is -2.00.